The lowest BCUT2D eigenvalue weighted by Crippen LogP contribution is -2.25. The zero-order valence-electron chi connectivity index (χ0n) is 18.1. The van der Waals surface area contributed by atoms with Gasteiger partial charge in [0.1, 0.15) is 5.75 Å². The van der Waals surface area contributed by atoms with Gasteiger partial charge in [-0.05, 0) is 55.3 Å². The first-order valence-electron chi connectivity index (χ1n) is 10.9. The lowest BCUT2D eigenvalue weighted by Gasteiger charge is -2.15. The molecule has 0 unspecified atom stereocenters. The number of benzene rings is 3. The standard InChI is InChI=1S/C26H21ClN4O3/c27-21-11-4-5-12-22(21)31-26(33)24(23(16-28-31)34-20-9-2-1-3-10-20)29-19-8-6-7-17(15-19)25(32)30-18-13-14-18/h1-12,15-16,18,29H,13-14H2,(H,30,32). The molecule has 2 N–H and O–H groups in total. The Hall–Kier alpha value is -4.10. The summed E-state index contributed by atoms with van der Waals surface area (Å²) in [5.41, 5.74) is 1.23. The molecule has 0 aliphatic heterocycles. The Bertz CT molecular complexity index is 1400. The molecule has 8 heteroatoms. The molecule has 0 spiro atoms. The summed E-state index contributed by atoms with van der Waals surface area (Å²) in [5, 5.41) is 10.8. The van der Waals surface area contributed by atoms with E-state index in [0.29, 0.717) is 27.7 Å². The molecule has 170 valence electrons. The van der Waals surface area contributed by atoms with Gasteiger partial charge in [-0.1, -0.05) is 48.0 Å². The molecule has 1 aliphatic rings. The van der Waals surface area contributed by atoms with E-state index < -0.39 is 5.56 Å². The number of carbonyl (C=O) groups is 1. The van der Waals surface area contributed by atoms with Crippen LogP contribution in [0.4, 0.5) is 11.4 Å². The number of halogens is 1. The lowest BCUT2D eigenvalue weighted by atomic mass is 10.2. The Morgan fingerprint density at radius 3 is 2.53 bits per heavy atom. The van der Waals surface area contributed by atoms with Crippen LogP contribution in [0.15, 0.2) is 89.9 Å². The monoisotopic (exact) mass is 472 g/mol. The van der Waals surface area contributed by atoms with Crippen molar-refractivity contribution in [3.8, 4) is 17.2 Å². The van der Waals surface area contributed by atoms with Crippen LogP contribution in [0, 0.1) is 0 Å². The molecule has 1 saturated carbocycles. The van der Waals surface area contributed by atoms with E-state index in [1.54, 1.807) is 60.7 Å². The van der Waals surface area contributed by atoms with Crippen LogP contribution in [-0.4, -0.2) is 21.7 Å². The average molecular weight is 473 g/mol. The van der Waals surface area contributed by atoms with Crippen molar-refractivity contribution in [3.63, 3.8) is 0 Å². The van der Waals surface area contributed by atoms with Crippen LogP contribution in [0.2, 0.25) is 5.02 Å². The molecule has 5 rings (SSSR count). The van der Waals surface area contributed by atoms with Crippen LogP contribution in [-0.2, 0) is 0 Å². The lowest BCUT2D eigenvalue weighted by molar-refractivity contribution is 0.0951. The SMILES string of the molecule is O=C(NC1CC1)c1cccc(Nc2c(Oc3ccccc3)cnn(-c3ccccc3Cl)c2=O)c1. The molecule has 1 aromatic heterocycles. The molecule has 3 aromatic carbocycles. The Labute approximate surface area is 201 Å². The predicted molar refractivity (Wildman–Crippen MR) is 132 cm³/mol. The maximum atomic E-state index is 13.5. The van der Waals surface area contributed by atoms with Gasteiger partial charge in [0.25, 0.3) is 11.5 Å². The van der Waals surface area contributed by atoms with Crippen molar-refractivity contribution >= 4 is 28.9 Å². The molecule has 1 aliphatic carbocycles. The normalized spacial score (nSPS) is 12.7. The third-order valence-corrected chi connectivity index (χ3v) is 5.62. The smallest absolute Gasteiger partial charge is 0.299 e. The number of hydrogen-bond donors (Lipinski definition) is 2. The van der Waals surface area contributed by atoms with Gasteiger partial charge >= 0.3 is 0 Å². The maximum Gasteiger partial charge on any atom is 0.299 e. The van der Waals surface area contributed by atoms with E-state index in [4.69, 9.17) is 16.3 Å². The van der Waals surface area contributed by atoms with Crippen LogP contribution >= 0.6 is 11.6 Å². The Kier molecular flexibility index (Phi) is 6.01. The Morgan fingerprint density at radius 2 is 1.76 bits per heavy atom. The molecule has 1 heterocycles. The van der Waals surface area contributed by atoms with Gasteiger partial charge in [-0.3, -0.25) is 9.59 Å². The van der Waals surface area contributed by atoms with Crippen molar-refractivity contribution in [1.29, 1.82) is 0 Å². The van der Waals surface area contributed by atoms with Crippen LogP contribution in [0.5, 0.6) is 11.5 Å². The summed E-state index contributed by atoms with van der Waals surface area (Å²) in [7, 11) is 0. The molecule has 0 saturated heterocycles. The van der Waals surface area contributed by atoms with Crippen LogP contribution in [0.3, 0.4) is 0 Å². The van der Waals surface area contributed by atoms with E-state index in [9.17, 15) is 9.59 Å². The van der Waals surface area contributed by atoms with Gasteiger partial charge in [0.15, 0.2) is 11.4 Å². The quantitative estimate of drug-likeness (QED) is 0.380. The number of aromatic nitrogens is 2. The summed E-state index contributed by atoms with van der Waals surface area (Å²) < 4.78 is 7.19. The highest BCUT2D eigenvalue weighted by atomic mass is 35.5. The Balaban J connectivity index is 1.54. The van der Waals surface area contributed by atoms with E-state index in [-0.39, 0.29) is 23.4 Å². The van der Waals surface area contributed by atoms with Gasteiger partial charge in [-0.25, -0.2) is 0 Å². The van der Waals surface area contributed by atoms with Crippen LogP contribution in [0.25, 0.3) is 5.69 Å². The highest BCUT2D eigenvalue weighted by molar-refractivity contribution is 6.32. The fourth-order valence-electron chi connectivity index (χ4n) is 3.42. The van der Waals surface area contributed by atoms with Crippen molar-refractivity contribution in [3.05, 3.63) is 106 Å². The van der Waals surface area contributed by atoms with E-state index >= 15 is 0 Å². The first-order chi connectivity index (χ1) is 16.6. The zero-order chi connectivity index (χ0) is 23.5. The van der Waals surface area contributed by atoms with E-state index in [1.165, 1.54) is 10.9 Å². The van der Waals surface area contributed by atoms with Crippen molar-refractivity contribution < 1.29 is 9.53 Å². The van der Waals surface area contributed by atoms with Crippen molar-refractivity contribution in [2.75, 3.05) is 5.32 Å². The summed E-state index contributed by atoms with van der Waals surface area (Å²) >= 11 is 6.32. The van der Waals surface area contributed by atoms with E-state index in [2.05, 4.69) is 15.7 Å². The van der Waals surface area contributed by atoms with Gasteiger partial charge in [-0.2, -0.15) is 9.78 Å². The van der Waals surface area contributed by atoms with E-state index in [0.717, 1.165) is 12.8 Å². The summed E-state index contributed by atoms with van der Waals surface area (Å²) in [6.07, 6.45) is 3.47. The molecule has 7 nitrogen and oxygen atoms in total. The van der Waals surface area contributed by atoms with Gasteiger partial charge in [0, 0.05) is 17.3 Å². The fraction of sp³-hybridized carbons (Fsp3) is 0.115. The zero-order valence-corrected chi connectivity index (χ0v) is 18.8. The first kappa shape index (κ1) is 21.7. The second-order valence-electron chi connectivity index (χ2n) is 7.92. The molecule has 0 bridgehead atoms. The third kappa shape index (κ3) is 4.79. The summed E-state index contributed by atoms with van der Waals surface area (Å²) in [4.78, 5) is 26.0. The van der Waals surface area contributed by atoms with Gasteiger partial charge in [-0.15, -0.1) is 0 Å². The number of nitrogens with one attached hydrogen (secondary N) is 2. The maximum absolute atomic E-state index is 13.5. The van der Waals surface area contributed by atoms with Gasteiger partial charge < -0.3 is 15.4 Å². The Morgan fingerprint density at radius 1 is 1.00 bits per heavy atom. The minimum atomic E-state index is -0.450. The third-order valence-electron chi connectivity index (χ3n) is 5.30. The summed E-state index contributed by atoms with van der Waals surface area (Å²) in [6.45, 7) is 0. The molecule has 1 fully saturated rings. The van der Waals surface area contributed by atoms with Gasteiger partial charge in [0.2, 0.25) is 0 Å². The highest BCUT2D eigenvalue weighted by Gasteiger charge is 2.24. The molecule has 0 atom stereocenters. The number of rotatable bonds is 7. The summed E-state index contributed by atoms with van der Waals surface area (Å²) in [6, 6.07) is 23.3. The number of ether oxygens (including phenoxy) is 1. The van der Waals surface area contributed by atoms with Crippen LogP contribution < -0.4 is 20.9 Å². The predicted octanol–water partition coefficient (Wildman–Crippen LogP) is 5.31. The number of nitrogens with zero attached hydrogens (tertiary/aromatic N) is 2. The molecular weight excluding hydrogens is 452 g/mol. The molecule has 1 amide bonds. The molecule has 0 radical (unpaired) electrons. The topological polar surface area (TPSA) is 85.2 Å². The first-order valence-corrected chi connectivity index (χ1v) is 11.2. The molecular formula is C26H21ClN4O3. The largest absolute Gasteiger partial charge is 0.453 e. The number of hydrogen-bond acceptors (Lipinski definition) is 5. The minimum Gasteiger partial charge on any atom is -0.453 e. The van der Waals surface area contributed by atoms with Crippen molar-refractivity contribution in [2.45, 2.75) is 18.9 Å². The molecule has 34 heavy (non-hydrogen) atoms. The fourth-order valence-corrected chi connectivity index (χ4v) is 3.64. The van der Waals surface area contributed by atoms with Crippen molar-refractivity contribution in [1.82, 2.24) is 15.1 Å². The number of amides is 1. The average Bonchev–Trinajstić information content (AvgIpc) is 3.67. The number of para-hydroxylation sites is 2. The second kappa shape index (κ2) is 9.41. The number of carbonyl (C=O) groups excluding carboxylic acids is 1. The summed E-state index contributed by atoms with van der Waals surface area (Å²) in [5.74, 6) is 0.655. The minimum absolute atomic E-state index is 0.143. The number of anilines is 2. The van der Waals surface area contributed by atoms with Crippen LogP contribution in [0.1, 0.15) is 23.2 Å². The van der Waals surface area contributed by atoms with E-state index in [1.807, 2.05) is 18.2 Å². The van der Waals surface area contributed by atoms with Crippen molar-refractivity contribution in [2.24, 2.45) is 0 Å². The highest BCUT2D eigenvalue weighted by Crippen LogP contribution is 2.30. The second-order valence-corrected chi connectivity index (χ2v) is 8.33. The molecule has 4 aromatic rings. The van der Waals surface area contributed by atoms with Gasteiger partial charge in [0.05, 0.1) is 16.9 Å².